The van der Waals surface area contributed by atoms with E-state index in [4.69, 9.17) is 16.7 Å². The van der Waals surface area contributed by atoms with Gasteiger partial charge in [-0.2, -0.15) is 0 Å². The summed E-state index contributed by atoms with van der Waals surface area (Å²) < 4.78 is 0. The molecule has 2 aromatic rings. The lowest BCUT2D eigenvalue weighted by Gasteiger charge is -2.34. The predicted octanol–water partition coefficient (Wildman–Crippen LogP) is 4.70. The molecule has 4 nitrogen and oxygen atoms in total. The van der Waals surface area contributed by atoms with Crippen LogP contribution < -0.4 is 0 Å². The molecule has 0 spiro atoms. The normalized spacial score (nSPS) is 16.3. The first-order valence-corrected chi connectivity index (χ1v) is 10.7. The van der Waals surface area contributed by atoms with Crippen LogP contribution in [0.1, 0.15) is 23.6 Å². The summed E-state index contributed by atoms with van der Waals surface area (Å²) >= 11 is 5.92. The number of benzene rings is 2. The lowest BCUT2D eigenvalue weighted by molar-refractivity contribution is -0.132. The van der Waals surface area contributed by atoms with Crippen LogP contribution >= 0.6 is 11.6 Å². The number of piperazine rings is 1. The summed E-state index contributed by atoms with van der Waals surface area (Å²) in [6.07, 6.45) is 7.09. The molecule has 1 saturated heterocycles. The van der Waals surface area contributed by atoms with Crippen molar-refractivity contribution in [3.8, 4) is 0 Å². The second-order valence-corrected chi connectivity index (χ2v) is 8.16. The molecule has 0 aromatic heterocycles. The summed E-state index contributed by atoms with van der Waals surface area (Å²) in [5, 5.41) is 9.74. The summed E-state index contributed by atoms with van der Waals surface area (Å²) in [4.78, 5) is 15.9. The van der Waals surface area contributed by atoms with Gasteiger partial charge in [0.15, 0.2) is 0 Å². The van der Waals surface area contributed by atoms with E-state index in [9.17, 15) is 4.79 Å². The van der Waals surface area contributed by atoms with Gasteiger partial charge < -0.3 is 10.0 Å². The van der Waals surface area contributed by atoms with E-state index in [2.05, 4.69) is 34.1 Å². The molecule has 0 amide bonds. The van der Waals surface area contributed by atoms with Crippen molar-refractivity contribution in [1.29, 1.82) is 0 Å². The summed E-state index contributed by atoms with van der Waals surface area (Å²) in [6.45, 7) is 8.00. The van der Waals surface area contributed by atoms with E-state index >= 15 is 0 Å². The molecule has 0 bridgehead atoms. The molecule has 2 aromatic carbocycles. The molecule has 1 fully saturated rings. The lowest BCUT2D eigenvalue weighted by atomic mass is 10.1. The standard InChI is InChI=1S/C25H29ClN2O2/c1-20(25(29)30)19-23-6-4-22(5-7-23)12-14-28-17-15-27(16-18-28)13-2-3-21-8-10-24(26)11-9-21/h2-11,19H,12-18H2,1H3,(H,29,30). The average Bonchev–Trinajstić information content (AvgIpc) is 2.75. The van der Waals surface area contributed by atoms with Crippen molar-refractivity contribution in [2.24, 2.45) is 0 Å². The van der Waals surface area contributed by atoms with E-state index in [1.165, 1.54) is 11.1 Å². The Morgan fingerprint density at radius 1 is 0.967 bits per heavy atom. The van der Waals surface area contributed by atoms with Crippen molar-refractivity contribution in [2.45, 2.75) is 13.3 Å². The molecule has 3 rings (SSSR count). The van der Waals surface area contributed by atoms with Crippen molar-refractivity contribution in [3.63, 3.8) is 0 Å². The number of hydrogen-bond donors (Lipinski definition) is 1. The lowest BCUT2D eigenvalue weighted by Crippen LogP contribution is -2.46. The van der Waals surface area contributed by atoms with Crippen LogP contribution in [0.25, 0.3) is 12.2 Å². The molecule has 0 unspecified atom stereocenters. The van der Waals surface area contributed by atoms with Crippen LogP contribution in [0.4, 0.5) is 0 Å². The third-order valence-electron chi connectivity index (χ3n) is 5.43. The first kappa shape index (κ1) is 22.3. The van der Waals surface area contributed by atoms with Gasteiger partial charge in [0.05, 0.1) is 0 Å². The quantitative estimate of drug-likeness (QED) is 0.624. The highest BCUT2D eigenvalue weighted by molar-refractivity contribution is 6.30. The molecule has 0 atom stereocenters. The predicted molar refractivity (Wildman–Crippen MR) is 125 cm³/mol. The summed E-state index contributed by atoms with van der Waals surface area (Å²) in [7, 11) is 0. The summed E-state index contributed by atoms with van der Waals surface area (Å²) in [5.74, 6) is -0.876. The highest BCUT2D eigenvalue weighted by atomic mass is 35.5. The highest BCUT2D eigenvalue weighted by Gasteiger charge is 2.15. The number of carboxylic acid groups (broad SMARTS) is 1. The Balaban J connectivity index is 1.38. The van der Waals surface area contributed by atoms with Crippen LogP contribution in [-0.4, -0.2) is 60.1 Å². The van der Waals surface area contributed by atoms with E-state index in [1.807, 2.05) is 36.4 Å². The summed E-state index contributed by atoms with van der Waals surface area (Å²) in [5.41, 5.74) is 3.74. The van der Waals surface area contributed by atoms with Crippen LogP contribution in [0.2, 0.25) is 5.02 Å². The van der Waals surface area contributed by atoms with Crippen molar-refractivity contribution >= 4 is 29.7 Å². The smallest absolute Gasteiger partial charge is 0.331 e. The molecule has 158 valence electrons. The van der Waals surface area contributed by atoms with Gasteiger partial charge in [0.25, 0.3) is 0 Å². The zero-order valence-corrected chi connectivity index (χ0v) is 18.2. The van der Waals surface area contributed by atoms with Gasteiger partial charge in [-0.15, -0.1) is 0 Å². The molecule has 0 saturated carbocycles. The van der Waals surface area contributed by atoms with Crippen LogP contribution in [0.15, 0.2) is 60.2 Å². The third kappa shape index (κ3) is 7.13. The Bertz CT molecular complexity index is 880. The van der Waals surface area contributed by atoms with Crippen LogP contribution in [0.3, 0.4) is 0 Å². The van der Waals surface area contributed by atoms with Crippen LogP contribution in [-0.2, 0) is 11.2 Å². The fourth-order valence-electron chi connectivity index (χ4n) is 3.49. The van der Waals surface area contributed by atoms with Crippen molar-refractivity contribution in [1.82, 2.24) is 9.80 Å². The minimum atomic E-state index is -0.876. The van der Waals surface area contributed by atoms with Crippen LogP contribution in [0, 0.1) is 0 Å². The highest BCUT2D eigenvalue weighted by Crippen LogP contribution is 2.12. The molecule has 1 N–H and O–H groups in total. The van der Waals surface area contributed by atoms with E-state index in [1.54, 1.807) is 13.0 Å². The molecular weight excluding hydrogens is 396 g/mol. The second-order valence-electron chi connectivity index (χ2n) is 7.72. The zero-order chi connectivity index (χ0) is 21.3. The van der Waals surface area contributed by atoms with Crippen molar-refractivity contribution in [2.75, 3.05) is 39.3 Å². The monoisotopic (exact) mass is 424 g/mol. The molecule has 1 aliphatic rings. The Hall–Kier alpha value is -2.40. The van der Waals surface area contributed by atoms with Gasteiger partial charge in [-0.25, -0.2) is 4.79 Å². The Morgan fingerprint density at radius 3 is 2.20 bits per heavy atom. The molecule has 5 heteroatoms. The first-order chi connectivity index (χ1) is 14.5. The number of carboxylic acids is 1. The SMILES string of the molecule is CC(=Cc1ccc(CCN2CCN(CC=Cc3ccc(Cl)cc3)CC2)cc1)C(=O)O. The second kappa shape index (κ2) is 11.1. The van der Waals surface area contributed by atoms with E-state index in [-0.39, 0.29) is 0 Å². The van der Waals surface area contributed by atoms with Gasteiger partial charge in [0.2, 0.25) is 0 Å². The number of carbonyl (C=O) groups is 1. The molecular formula is C25H29ClN2O2. The maximum Gasteiger partial charge on any atom is 0.331 e. The number of halogens is 1. The maximum absolute atomic E-state index is 10.9. The Morgan fingerprint density at radius 2 is 1.57 bits per heavy atom. The van der Waals surface area contributed by atoms with Gasteiger partial charge >= 0.3 is 5.97 Å². The number of nitrogens with zero attached hydrogens (tertiary/aromatic N) is 2. The van der Waals surface area contributed by atoms with Gasteiger partial charge in [-0.05, 0) is 48.2 Å². The van der Waals surface area contributed by atoms with Gasteiger partial charge in [0, 0.05) is 49.9 Å². The molecule has 1 heterocycles. The largest absolute Gasteiger partial charge is 0.478 e. The summed E-state index contributed by atoms with van der Waals surface area (Å²) in [6, 6.07) is 16.1. The minimum absolute atomic E-state index is 0.351. The molecule has 1 aliphatic heterocycles. The van der Waals surface area contributed by atoms with Gasteiger partial charge in [-0.3, -0.25) is 4.90 Å². The molecule has 0 aliphatic carbocycles. The van der Waals surface area contributed by atoms with E-state index in [0.717, 1.165) is 56.3 Å². The Labute approximate surface area is 184 Å². The van der Waals surface area contributed by atoms with E-state index < -0.39 is 5.97 Å². The third-order valence-corrected chi connectivity index (χ3v) is 5.68. The fourth-order valence-corrected chi connectivity index (χ4v) is 3.61. The first-order valence-electron chi connectivity index (χ1n) is 10.4. The fraction of sp³-hybridized carbons (Fsp3) is 0.320. The zero-order valence-electron chi connectivity index (χ0n) is 17.4. The van der Waals surface area contributed by atoms with Gasteiger partial charge in [0.1, 0.15) is 0 Å². The number of rotatable bonds is 8. The van der Waals surface area contributed by atoms with Gasteiger partial charge in [-0.1, -0.05) is 60.2 Å². The van der Waals surface area contributed by atoms with Crippen molar-refractivity contribution in [3.05, 3.63) is 81.9 Å². The molecule has 30 heavy (non-hydrogen) atoms. The van der Waals surface area contributed by atoms with E-state index in [0.29, 0.717) is 5.57 Å². The number of aliphatic carboxylic acids is 1. The molecule has 0 radical (unpaired) electrons. The average molecular weight is 425 g/mol. The maximum atomic E-state index is 10.9. The Kier molecular flexibility index (Phi) is 8.26. The number of hydrogen-bond acceptors (Lipinski definition) is 3. The topological polar surface area (TPSA) is 43.8 Å². The minimum Gasteiger partial charge on any atom is -0.478 e. The van der Waals surface area contributed by atoms with Crippen molar-refractivity contribution < 1.29 is 9.90 Å². The van der Waals surface area contributed by atoms with Crippen LogP contribution in [0.5, 0.6) is 0 Å².